The average Bonchev–Trinajstić information content (AvgIpc) is 2.48. The molecule has 0 aliphatic rings. The van der Waals surface area contributed by atoms with Gasteiger partial charge in [-0.25, -0.2) is 4.39 Å². The zero-order chi connectivity index (χ0) is 14.5. The molecule has 0 aliphatic carbocycles. The number of thioether (sulfide) groups is 1. The molecule has 1 unspecified atom stereocenters. The van der Waals surface area contributed by atoms with E-state index in [9.17, 15) is 4.39 Å². The van der Waals surface area contributed by atoms with Gasteiger partial charge >= 0.3 is 0 Å². The minimum atomic E-state index is -0.198. The van der Waals surface area contributed by atoms with Gasteiger partial charge in [-0.15, -0.1) is 11.8 Å². The molecular formula is C16H17BrFNS. The summed E-state index contributed by atoms with van der Waals surface area (Å²) in [5.74, 6) is -0.198. The number of hydrogen-bond donors (Lipinski definition) is 1. The Balaban J connectivity index is 2.21. The second kappa shape index (κ2) is 7.25. The summed E-state index contributed by atoms with van der Waals surface area (Å²) < 4.78 is 14.3. The van der Waals surface area contributed by atoms with Crippen LogP contribution in [0.25, 0.3) is 0 Å². The van der Waals surface area contributed by atoms with Crippen LogP contribution < -0.4 is 5.32 Å². The van der Waals surface area contributed by atoms with Gasteiger partial charge in [0.15, 0.2) is 0 Å². The number of rotatable bonds is 5. The van der Waals surface area contributed by atoms with Gasteiger partial charge < -0.3 is 5.32 Å². The first-order valence-corrected chi connectivity index (χ1v) is 8.41. The van der Waals surface area contributed by atoms with E-state index in [0.29, 0.717) is 0 Å². The standard InChI is InChI=1S/C16H17BrFNS/c1-19-16(11-3-6-14(20-2)7-4-11)10-12-9-13(18)5-8-15(12)17/h3-9,16,19H,10H2,1-2H3. The molecule has 0 spiro atoms. The van der Waals surface area contributed by atoms with Crippen molar-refractivity contribution in [2.75, 3.05) is 13.3 Å². The quantitative estimate of drug-likeness (QED) is 0.773. The van der Waals surface area contributed by atoms with Crippen molar-refractivity contribution in [1.29, 1.82) is 0 Å². The molecule has 1 nitrogen and oxygen atoms in total. The largest absolute Gasteiger partial charge is 0.313 e. The lowest BCUT2D eigenvalue weighted by molar-refractivity contribution is 0.582. The molecule has 106 valence electrons. The molecule has 0 fully saturated rings. The van der Waals surface area contributed by atoms with E-state index in [1.165, 1.54) is 16.5 Å². The molecule has 1 atom stereocenters. The topological polar surface area (TPSA) is 12.0 Å². The van der Waals surface area contributed by atoms with Gasteiger partial charge in [-0.3, -0.25) is 0 Å². The first-order chi connectivity index (χ1) is 9.63. The zero-order valence-corrected chi connectivity index (χ0v) is 13.9. The Kier molecular flexibility index (Phi) is 5.64. The molecule has 0 aliphatic heterocycles. The van der Waals surface area contributed by atoms with E-state index in [4.69, 9.17) is 0 Å². The van der Waals surface area contributed by atoms with Gasteiger partial charge in [0.2, 0.25) is 0 Å². The Morgan fingerprint density at radius 3 is 2.50 bits per heavy atom. The first-order valence-electron chi connectivity index (χ1n) is 6.39. The summed E-state index contributed by atoms with van der Waals surface area (Å²) in [5.41, 5.74) is 2.18. The van der Waals surface area contributed by atoms with E-state index in [-0.39, 0.29) is 11.9 Å². The maximum atomic E-state index is 13.4. The van der Waals surface area contributed by atoms with Gasteiger partial charge in [0.25, 0.3) is 0 Å². The normalized spacial score (nSPS) is 12.4. The minimum Gasteiger partial charge on any atom is -0.313 e. The highest BCUT2D eigenvalue weighted by Crippen LogP contribution is 2.26. The molecule has 0 saturated heterocycles. The van der Waals surface area contributed by atoms with Crippen molar-refractivity contribution < 1.29 is 4.39 Å². The number of likely N-dealkylation sites (N-methyl/N-ethyl adjacent to an activating group) is 1. The van der Waals surface area contributed by atoms with E-state index in [0.717, 1.165) is 16.5 Å². The Labute approximate surface area is 132 Å². The van der Waals surface area contributed by atoms with Crippen LogP contribution in [0.2, 0.25) is 0 Å². The van der Waals surface area contributed by atoms with E-state index >= 15 is 0 Å². The van der Waals surface area contributed by atoms with Crippen LogP contribution in [0.4, 0.5) is 4.39 Å². The molecule has 0 radical (unpaired) electrons. The third-order valence-electron chi connectivity index (χ3n) is 3.30. The van der Waals surface area contributed by atoms with E-state index in [1.54, 1.807) is 23.9 Å². The van der Waals surface area contributed by atoms with Gasteiger partial charge in [-0.2, -0.15) is 0 Å². The van der Waals surface area contributed by atoms with Crippen LogP contribution >= 0.6 is 27.7 Å². The van der Waals surface area contributed by atoms with Crippen LogP contribution in [-0.2, 0) is 6.42 Å². The molecular weight excluding hydrogens is 337 g/mol. The lowest BCUT2D eigenvalue weighted by Crippen LogP contribution is -2.19. The van der Waals surface area contributed by atoms with Crippen molar-refractivity contribution in [3.8, 4) is 0 Å². The lowest BCUT2D eigenvalue weighted by atomic mass is 9.99. The van der Waals surface area contributed by atoms with Gasteiger partial charge in [0.05, 0.1) is 0 Å². The molecule has 4 heteroatoms. The summed E-state index contributed by atoms with van der Waals surface area (Å²) in [6.07, 6.45) is 2.81. The van der Waals surface area contributed by atoms with Crippen molar-refractivity contribution in [2.45, 2.75) is 17.4 Å². The molecule has 2 aromatic carbocycles. The monoisotopic (exact) mass is 353 g/mol. The molecule has 20 heavy (non-hydrogen) atoms. The Hall–Kier alpha value is -0.840. The van der Waals surface area contributed by atoms with Crippen LogP contribution in [-0.4, -0.2) is 13.3 Å². The molecule has 0 aromatic heterocycles. The minimum absolute atomic E-state index is 0.170. The van der Waals surface area contributed by atoms with Crippen LogP contribution in [0.15, 0.2) is 51.8 Å². The summed E-state index contributed by atoms with van der Waals surface area (Å²) >= 11 is 5.21. The van der Waals surface area contributed by atoms with Crippen LogP contribution in [0.5, 0.6) is 0 Å². The van der Waals surface area contributed by atoms with Crippen LogP contribution in [0, 0.1) is 5.82 Å². The van der Waals surface area contributed by atoms with Crippen molar-refractivity contribution in [3.05, 3.63) is 63.9 Å². The highest BCUT2D eigenvalue weighted by Gasteiger charge is 2.12. The van der Waals surface area contributed by atoms with E-state index in [1.807, 2.05) is 7.05 Å². The van der Waals surface area contributed by atoms with Crippen molar-refractivity contribution in [3.63, 3.8) is 0 Å². The molecule has 0 saturated carbocycles. The predicted octanol–water partition coefficient (Wildman–Crippen LogP) is 4.81. The number of benzene rings is 2. The molecule has 1 N–H and O–H groups in total. The Morgan fingerprint density at radius 1 is 1.20 bits per heavy atom. The number of halogens is 2. The van der Waals surface area contributed by atoms with E-state index < -0.39 is 0 Å². The fourth-order valence-electron chi connectivity index (χ4n) is 2.14. The SMILES string of the molecule is CNC(Cc1cc(F)ccc1Br)c1ccc(SC)cc1. The lowest BCUT2D eigenvalue weighted by Gasteiger charge is -2.18. The van der Waals surface area contributed by atoms with Gasteiger partial charge in [-0.05, 0) is 61.2 Å². The number of hydrogen-bond acceptors (Lipinski definition) is 2. The highest BCUT2D eigenvalue weighted by molar-refractivity contribution is 9.10. The maximum absolute atomic E-state index is 13.4. The third kappa shape index (κ3) is 3.84. The highest BCUT2D eigenvalue weighted by atomic mass is 79.9. The summed E-state index contributed by atoms with van der Waals surface area (Å²) in [7, 11) is 1.93. The van der Waals surface area contributed by atoms with Gasteiger partial charge in [0.1, 0.15) is 5.82 Å². The molecule has 0 heterocycles. The smallest absolute Gasteiger partial charge is 0.123 e. The maximum Gasteiger partial charge on any atom is 0.123 e. The second-order valence-electron chi connectivity index (χ2n) is 4.55. The average molecular weight is 354 g/mol. The molecule has 0 bridgehead atoms. The Morgan fingerprint density at radius 2 is 1.90 bits per heavy atom. The number of nitrogens with one attached hydrogen (secondary N) is 1. The summed E-state index contributed by atoms with van der Waals surface area (Å²) in [4.78, 5) is 1.25. The second-order valence-corrected chi connectivity index (χ2v) is 6.29. The third-order valence-corrected chi connectivity index (χ3v) is 4.82. The van der Waals surface area contributed by atoms with Crippen LogP contribution in [0.3, 0.4) is 0 Å². The van der Waals surface area contributed by atoms with Crippen molar-refractivity contribution >= 4 is 27.7 Å². The van der Waals surface area contributed by atoms with Gasteiger partial charge in [0, 0.05) is 15.4 Å². The predicted molar refractivity (Wildman–Crippen MR) is 87.8 cm³/mol. The Bertz CT molecular complexity index is 571. The van der Waals surface area contributed by atoms with Gasteiger partial charge in [-0.1, -0.05) is 28.1 Å². The fourth-order valence-corrected chi connectivity index (χ4v) is 2.96. The molecule has 2 aromatic rings. The van der Waals surface area contributed by atoms with Crippen molar-refractivity contribution in [2.24, 2.45) is 0 Å². The summed E-state index contributed by atoms with van der Waals surface area (Å²) in [5, 5.41) is 3.30. The van der Waals surface area contributed by atoms with E-state index in [2.05, 4.69) is 51.8 Å². The zero-order valence-electron chi connectivity index (χ0n) is 11.5. The molecule has 0 amide bonds. The fraction of sp³-hybridized carbons (Fsp3) is 0.250. The van der Waals surface area contributed by atoms with Crippen molar-refractivity contribution in [1.82, 2.24) is 5.32 Å². The summed E-state index contributed by atoms with van der Waals surface area (Å²) in [6.45, 7) is 0. The summed E-state index contributed by atoms with van der Waals surface area (Å²) in [6, 6.07) is 13.5. The van der Waals surface area contributed by atoms with Crippen LogP contribution in [0.1, 0.15) is 17.2 Å². The first kappa shape index (κ1) is 15.5. The molecule has 2 rings (SSSR count).